The van der Waals surface area contributed by atoms with Crippen molar-refractivity contribution in [1.82, 2.24) is 9.78 Å². The van der Waals surface area contributed by atoms with E-state index in [4.69, 9.17) is 0 Å². The zero-order chi connectivity index (χ0) is 15.0. The average molecular weight is 365 g/mol. The van der Waals surface area contributed by atoms with E-state index in [0.717, 1.165) is 33.4 Å². The fraction of sp³-hybridized carbons (Fsp3) is 0.312. The number of fused-ring (bicyclic) bond motifs is 1. The van der Waals surface area contributed by atoms with Gasteiger partial charge in [-0.15, -0.1) is 11.3 Å². The van der Waals surface area contributed by atoms with Gasteiger partial charge in [0.05, 0.1) is 16.4 Å². The van der Waals surface area contributed by atoms with Gasteiger partial charge < -0.3 is 5.11 Å². The van der Waals surface area contributed by atoms with Crippen LogP contribution < -0.4 is 0 Å². The summed E-state index contributed by atoms with van der Waals surface area (Å²) < 4.78 is 3.91. The van der Waals surface area contributed by atoms with E-state index in [-0.39, 0.29) is 0 Å². The minimum absolute atomic E-state index is 0.794. The van der Waals surface area contributed by atoms with Crippen LogP contribution in [0.4, 0.5) is 0 Å². The molecular formula is C16H17BrN2OS. The van der Waals surface area contributed by atoms with Crippen LogP contribution in [-0.2, 0) is 12.1 Å². The van der Waals surface area contributed by atoms with Crippen LogP contribution in [0.5, 0.6) is 0 Å². The van der Waals surface area contributed by atoms with Gasteiger partial charge in [-0.1, -0.05) is 25.1 Å². The van der Waals surface area contributed by atoms with E-state index in [1.807, 2.05) is 23.7 Å². The predicted octanol–water partition coefficient (Wildman–Crippen LogP) is 4.53. The van der Waals surface area contributed by atoms with Crippen molar-refractivity contribution in [1.29, 1.82) is 0 Å². The Hall–Kier alpha value is -1.17. The monoisotopic (exact) mass is 364 g/mol. The molecule has 0 aliphatic rings. The van der Waals surface area contributed by atoms with Crippen LogP contribution in [0, 0.1) is 0 Å². The van der Waals surface area contributed by atoms with Crippen molar-refractivity contribution in [3.63, 3.8) is 0 Å². The number of aryl methyl sites for hydroxylation is 1. The molecule has 0 radical (unpaired) electrons. The van der Waals surface area contributed by atoms with E-state index in [1.165, 1.54) is 4.70 Å². The standard InChI is InChI=1S/C16H17BrN2OS/c1-3-8-19-15(12(17)10-18-19)16(2,20)14-9-11-6-4-5-7-13(11)21-14/h4-7,9-10,20H,3,8H2,1-2H3. The fourth-order valence-corrected chi connectivity index (χ4v) is 4.36. The van der Waals surface area contributed by atoms with Gasteiger partial charge in [0.2, 0.25) is 0 Å². The largest absolute Gasteiger partial charge is 0.378 e. The summed E-state index contributed by atoms with van der Waals surface area (Å²) in [5.41, 5.74) is -0.246. The first kappa shape index (κ1) is 14.8. The van der Waals surface area contributed by atoms with Crippen molar-refractivity contribution in [3.8, 4) is 0 Å². The minimum Gasteiger partial charge on any atom is -0.378 e. The zero-order valence-corrected chi connectivity index (χ0v) is 14.4. The summed E-state index contributed by atoms with van der Waals surface area (Å²) in [5, 5.41) is 16.7. The SMILES string of the molecule is CCCn1ncc(Br)c1C(C)(O)c1cc2ccccc2s1. The molecule has 3 nitrogen and oxygen atoms in total. The molecule has 2 heterocycles. The number of rotatable bonds is 4. The maximum Gasteiger partial charge on any atom is 0.139 e. The molecule has 0 saturated heterocycles. The summed E-state index contributed by atoms with van der Waals surface area (Å²) in [7, 11) is 0. The Balaban J connectivity index is 2.13. The highest BCUT2D eigenvalue weighted by Crippen LogP contribution is 2.39. The Morgan fingerprint density at radius 1 is 1.38 bits per heavy atom. The van der Waals surface area contributed by atoms with Crippen LogP contribution in [-0.4, -0.2) is 14.9 Å². The number of hydrogen-bond acceptors (Lipinski definition) is 3. The lowest BCUT2D eigenvalue weighted by molar-refractivity contribution is 0.0945. The smallest absolute Gasteiger partial charge is 0.139 e. The summed E-state index contributed by atoms with van der Waals surface area (Å²) in [6.07, 6.45) is 2.73. The van der Waals surface area contributed by atoms with Crippen LogP contribution in [0.3, 0.4) is 0 Å². The number of thiophene rings is 1. The van der Waals surface area contributed by atoms with Gasteiger partial charge in [-0.3, -0.25) is 4.68 Å². The van der Waals surface area contributed by atoms with Crippen molar-refractivity contribution in [3.05, 3.63) is 51.6 Å². The van der Waals surface area contributed by atoms with Crippen molar-refractivity contribution >= 4 is 37.4 Å². The molecule has 0 spiro atoms. The predicted molar refractivity (Wildman–Crippen MR) is 90.7 cm³/mol. The van der Waals surface area contributed by atoms with Gasteiger partial charge in [-0.05, 0) is 46.8 Å². The Bertz CT molecular complexity index is 743. The van der Waals surface area contributed by atoms with E-state index < -0.39 is 5.60 Å². The molecular weight excluding hydrogens is 348 g/mol. The zero-order valence-electron chi connectivity index (χ0n) is 12.0. The Morgan fingerprint density at radius 2 is 2.14 bits per heavy atom. The highest BCUT2D eigenvalue weighted by Gasteiger charge is 2.33. The van der Waals surface area contributed by atoms with Crippen molar-refractivity contribution in [2.24, 2.45) is 0 Å². The number of aromatic nitrogens is 2. The van der Waals surface area contributed by atoms with Crippen molar-refractivity contribution in [2.45, 2.75) is 32.4 Å². The van der Waals surface area contributed by atoms with E-state index in [1.54, 1.807) is 17.5 Å². The van der Waals surface area contributed by atoms with E-state index in [0.29, 0.717) is 0 Å². The molecule has 0 aliphatic carbocycles. The van der Waals surface area contributed by atoms with E-state index in [2.05, 4.69) is 46.2 Å². The molecule has 2 aromatic heterocycles. The summed E-state index contributed by atoms with van der Waals surface area (Å²) in [5.74, 6) is 0. The number of aliphatic hydroxyl groups is 1. The summed E-state index contributed by atoms with van der Waals surface area (Å²) in [4.78, 5) is 0.933. The minimum atomic E-state index is -1.06. The second-order valence-electron chi connectivity index (χ2n) is 5.28. The van der Waals surface area contributed by atoms with E-state index in [9.17, 15) is 5.11 Å². The number of benzene rings is 1. The van der Waals surface area contributed by atoms with Crippen molar-refractivity contribution in [2.75, 3.05) is 0 Å². The lowest BCUT2D eigenvalue weighted by Gasteiger charge is -2.24. The molecule has 0 amide bonds. The van der Waals surface area contributed by atoms with Gasteiger partial charge in [0.25, 0.3) is 0 Å². The molecule has 1 aromatic carbocycles. The summed E-state index contributed by atoms with van der Waals surface area (Å²) in [6, 6.07) is 10.3. The van der Waals surface area contributed by atoms with Gasteiger partial charge in [0, 0.05) is 16.1 Å². The topological polar surface area (TPSA) is 38.0 Å². The molecule has 21 heavy (non-hydrogen) atoms. The maximum absolute atomic E-state index is 11.2. The van der Waals surface area contributed by atoms with Gasteiger partial charge in [-0.25, -0.2) is 0 Å². The van der Waals surface area contributed by atoms with Crippen LogP contribution in [0.15, 0.2) is 41.0 Å². The molecule has 0 fully saturated rings. The highest BCUT2D eigenvalue weighted by molar-refractivity contribution is 9.10. The molecule has 1 unspecified atom stereocenters. The Morgan fingerprint density at radius 3 is 2.86 bits per heavy atom. The first-order chi connectivity index (χ1) is 10.0. The van der Waals surface area contributed by atoms with Gasteiger partial charge >= 0.3 is 0 Å². The van der Waals surface area contributed by atoms with Gasteiger partial charge in [0.1, 0.15) is 5.60 Å². The van der Waals surface area contributed by atoms with E-state index >= 15 is 0 Å². The molecule has 110 valence electrons. The van der Waals surface area contributed by atoms with Crippen LogP contribution in [0.2, 0.25) is 0 Å². The first-order valence-electron chi connectivity index (χ1n) is 6.97. The third-order valence-electron chi connectivity index (χ3n) is 3.60. The molecule has 5 heteroatoms. The number of halogens is 1. The maximum atomic E-state index is 11.2. The van der Waals surface area contributed by atoms with Gasteiger partial charge in [-0.2, -0.15) is 5.10 Å². The first-order valence-corrected chi connectivity index (χ1v) is 8.58. The molecule has 1 N–H and O–H groups in total. The summed E-state index contributed by atoms with van der Waals surface area (Å²) in [6.45, 7) is 4.74. The Labute approximate surface area is 136 Å². The third kappa shape index (κ3) is 2.54. The second kappa shape index (κ2) is 5.55. The Kier molecular flexibility index (Phi) is 3.90. The fourth-order valence-electron chi connectivity index (χ4n) is 2.57. The lowest BCUT2D eigenvalue weighted by atomic mass is 9.99. The van der Waals surface area contributed by atoms with Crippen LogP contribution in [0.1, 0.15) is 30.8 Å². The second-order valence-corrected chi connectivity index (χ2v) is 7.22. The normalized spacial score (nSPS) is 14.5. The van der Waals surface area contributed by atoms with Crippen molar-refractivity contribution < 1.29 is 5.11 Å². The molecule has 3 rings (SSSR count). The third-order valence-corrected chi connectivity index (χ3v) is 5.50. The highest BCUT2D eigenvalue weighted by atomic mass is 79.9. The quantitative estimate of drug-likeness (QED) is 0.738. The van der Waals surface area contributed by atoms with Crippen LogP contribution in [0.25, 0.3) is 10.1 Å². The lowest BCUT2D eigenvalue weighted by Crippen LogP contribution is -2.26. The van der Waals surface area contributed by atoms with Gasteiger partial charge in [0.15, 0.2) is 0 Å². The number of hydrogen-bond donors (Lipinski definition) is 1. The molecule has 0 aliphatic heterocycles. The molecule has 1 atom stereocenters. The molecule has 3 aromatic rings. The van der Waals surface area contributed by atoms with Crippen LogP contribution >= 0.6 is 27.3 Å². The summed E-state index contributed by atoms with van der Waals surface area (Å²) >= 11 is 5.15. The number of nitrogens with zero attached hydrogens (tertiary/aromatic N) is 2. The molecule has 0 bridgehead atoms. The molecule has 0 saturated carbocycles. The average Bonchev–Trinajstić information content (AvgIpc) is 3.03.